The third-order valence-corrected chi connectivity index (χ3v) is 6.42. The predicted octanol–water partition coefficient (Wildman–Crippen LogP) is 8.82. The SMILES string of the molecule is CCCCCCCCCCCCCCCCCCCCCC(=O)NC(O)CCCCC. The molecule has 0 radical (unpaired) electrons. The molecule has 1 unspecified atom stereocenters. The first-order valence-corrected chi connectivity index (χ1v) is 14.2. The molecule has 0 heterocycles. The van der Waals surface area contributed by atoms with Gasteiger partial charge in [-0.15, -0.1) is 0 Å². The average molecular weight is 440 g/mol. The van der Waals surface area contributed by atoms with Gasteiger partial charge in [0.15, 0.2) is 0 Å². The molecule has 0 aromatic carbocycles. The molecule has 0 spiro atoms. The van der Waals surface area contributed by atoms with E-state index in [1.165, 1.54) is 109 Å². The van der Waals surface area contributed by atoms with Crippen LogP contribution in [0, 0.1) is 0 Å². The fourth-order valence-electron chi connectivity index (χ4n) is 4.28. The maximum atomic E-state index is 11.8. The van der Waals surface area contributed by atoms with Gasteiger partial charge >= 0.3 is 0 Å². The van der Waals surface area contributed by atoms with Crippen molar-refractivity contribution in [1.29, 1.82) is 0 Å². The van der Waals surface area contributed by atoms with E-state index in [-0.39, 0.29) is 5.91 Å². The maximum Gasteiger partial charge on any atom is 0.221 e. The summed E-state index contributed by atoms with van der Waals surface area (Å²) in [5.74, 6) is 0.0102. The fraction of sp³-hybridized carbons (Fsp3) is 0.964. The number of hydrogen-bond acceptors (Lipinski definition) is 2. The van der Waals surface area contributed by atoms with E-state index < -0.39 is 6.23 Å². The molecule has 1 atom stereocenters. The Hall–Kier alpha value is -0.570. The van der Waals surface area contributed by atoms with Crippen molar-refractivity contribution in [2.24, 2.45) is 0 Å². The number of amides is 1. The molecule has 1 amide bonds. The number of hydrogen-bond donors (Lipinski definition) is 2. The topological polar surface area (TPSA) is 49.3 Å². The molecular weight excluding hydrogens is 382 g/mol. The van der Waals surface area contributed by atoms with Gasteiger partial charge in [-0.25, -0.2) is 0 Å². The lowest BCUT2D eigenvalue weighted by Crippen LogP contribution is -2.34. The van der Waals surface area contributed by atoms with Gasteiger partial charge in [-0.05, 0) is 19.3 Å². The van der Waals surface area contributed by atoms with Crippen LogP contribution in [0.1, 0.15) is 168 Å². The summed E-state index contributed by atoms with van der Waals surface area (Å²) in [6.45, 7) is 4.43. The molecule has 0 bridgehead atoms. The van der Waals surface area contributed by atoms with E-state index in [0.717, 1.165) is 32.1 Å². The number of unbranched alkanes of at least 4 members (excludes halogenated alkanes) is 20. The van der Waals surface area contributed by atoms with Crippen molar-refractivity contribution < 1.29 is 9.90 Å². The minimum Gasteiger partial charge on any atom is -0.374 e. The van der Waals surface area contributed by atoms with Crippen LogP contribution in [0.4, 0.5) is 0 Å². The molecular formula is C28H57NO2. The summed E-state index contributed by atoms with van der Waals surface area (Å²) in [5, 5.41) is 12.5. The largest absolute Gasteiger partial charge is 0.374 e. The first kappa shape index (κ1) is 30.4. The maximum absolute atomic E-state index is 11.8. The summed E-state index contributed by atoms with van der Waals surface area (Å²) in [4.78, 5) is 11.8. The van der Waals surface area contributed by atoms with E-state index in [2.05, 4.69) is 19.2 Å². The number of aliphatic hydroxyl groups excluding tert-OH is 1. The third-order valence-electron chi connectivity index (χ3n) is 6.42. The molecule has 0 aliphatic rings. The van der Waals surface area contributed by atoms with Crippen LogP contribution in [0.15, 0.2) is 0 Å². The van der Waals surface area contributed by atoms with Gasteiger partial charge in [-0.1, -0.05) is 142 Å². The second-order valence-corrected chi connectivity index (χ2v) is 9.69. The summed E-state index contributed by atoms with van der Waals surface area (Å²) >= 11 is 0. The van der Waals surface area contributed by atoms with Gasteiger partial charge in [-0.2, -0.15) is 0 Å². The smallest absolute Gasteiger partial charge is 0.221 e. The monoisotopic (exact) mass is 439 g/mol. The Morgan fingerprint density at radius 3 is 1.26 bits per heavy atom. The molecule has 31 heavy (non-hydrogen) atoms. The van der Waals surface area contributed by atoms with Crippen molar-refractivity contribution in [3.05, 3.63) is 0 Å². The number of nitrogens with one attached hydrogen (secondary N) is 1. The van der Waals surface area contributed by atoms with Gasteiger partial charge < -0.3 is 10.4 Å². The van der Waals surface area contributed by atoms with E-state index in [9.17, 15) is 9.90 Å². The normalized spacial score (nSPS) is 12.2. The number of aliphatic hydroxyl groups is 1. The van der Waals surface area contributed by atoms with Crippen LogP contribution in [-0.4, -0.2) is 17.2 Å². The predicted molar refractivity (Wildman–Crippen MR) is 136 cm³/mol. The molecule has 2 N–H and O–H groups in total. The standard InChI is InChI=1S/C28H57NO2/c1-3-5-7-8-9-10-11-12-13-14-15-16-17-18-19-20-21-22-24-26-28(31)29-27(30)25-23-6-4-2/h27,30H,3-26H2,1-2H3,(H,29,31). The zero-order chi connectivity index (χ0) is 22.8. The molecule has 3 heteroatoms. The van der Waals surface area contributed by atoms with Gasteiger partial charge in [0.05, 0.1) is 0 Å². The van der Waals surface area contributed by atoms with Gasteiger partial charge in [-0.3, -0.25) is 4.79 Å². The van der Waals surface area contributed by atoms with Crippen molar-refractivity contribution in [2.45, 2.75) is 174 Å². The molecule has 0 saturated carbocycles. The minimum atomic E-state index is -0.653. The number of carbonyl (C=O) groups is 1. The zero-order valence-electron chi connectivity index (χ0n) is 21.4. The van der Waals surface area contributed by atoms with E-state index in [0.29, 0.717) is 12.8 Å². The minimum absolute atomic E-state index is 0.0102. The summed E-state index contributed by atoms with van der Waals surface area (Å²) < 4.78 is 0. The molecule has 0 aliphatic heterocycles. The summed E-state index contributed by atoms with van der Waals surface area (Å²) in [5.41, 5.74) is 0. The van der Waals surface area contributed by atoms with Gasteiger partial charge in [0, 0.05) is 6.42 Å². The van der Waals surface area contributed by atoms with Crippen LogP contribution >= 0.6 is 0 Å². The van der Waals surface area contributed by atoms with Gasteiger partial charge in [0.2, 0.25) is 5.91 Å². The molecule has 186 valence electrons. The van der Waals surface area contributed by atoms with Crippen LogP contribution in [0.3, 0.4) is 0 Å². The highest BCUT2D eigenvalue weighted by Crippen LogP contribution is 2.14. The van der Waals surface area contributed by atoms with E-state index in [1.54, 1.807) is 0 Å². The summed E-state index contributed by atoms with van der Waals surface area (Å²) in [6, 6.07) is 0. The Morgan fingerprint density at radius 1 is 0.548 bits per heavy atom. The third kappa shape index (κ3) is 25.6. The molecule has 0 aromatic rings. The molecule has 0 rings (SSSR count). The van der Waals surface area contributed by atoms with E-state index >= 15 is 0 Å². The lowest BCUT2D eigenvalue weighted by molar-refractivity contribution is -0.124. The highest BCUT2D eigenvalue weighted by atomic mass is 16.3. The molecule has 0 aromatic heterocycles. The highest BCUT2D eigenvalue weighted by molar-refractivity contribution is 5.75. The van der Waals surface area contributed by atoms with Crippen LogP contribution in [0.2, 0.25) is 0 Å². The van der Waals surface area contributed by atoms with Crippen LogP contribution < -0.4 is 5.32 Å². The van der Waals surface area contributed by atoms with Crippen molar-refractivity contribution in [3.63, 3.8) is 0 Å². The first-order valence-electron chi connectivity index (χ1n) is 14.2. The molecule has 3 nitrogen and oxygen atoms in total. The Morgan fingerprint density at radius 2 is 0.871 bits per heavy atom. The number of rotatable bonds is 25. The van der Waals surface area contributed by atoms with Crippen molar-refractivity contribution in [1.82, 2.24) is 5.32 Å². The van der Waals surface area contributed by atoms with Crippen LogP contribution in [-0.2, 0) is 4.79 Å². The lowest BCUT2D eigenvalue weighted by atomic mass is 10.0. The summed E-state index contributed by atoms with van der Waals surface area (Å²) in [6.07, 6.45) is 29.8. The van der Waals surface area contributed by atoms with Crippen molar-refractivity contribution in [2.75, 3.05) is 0 Å². The molecule has 0 saturated heterocycles. The Bertz CT molecular complexity index is 359. The van der Waals surface area contributed by atoms with Crippen molar-refractivity contribution >= 4 is 5.91 Å². The number of carbonyl (C=O) groups excluding carboxylic acids is 1. The van der Waals surface area contributed by atoms with Crippen molar-refractivity contribution in [3.8, 4) is 0 Å². The van der Waals surface area contributed by atoms with Gasteiger partial charge in [0.1, 0.15) is 6.23 Å². The van der Waals surface area contributed by atoms with E-state index in [4.69, 9.17) is 0 Å². The first-order chi connectivity index (χ1) is 15.2. The van der Waals surface area contributed by atoms with E-state index in [1.807, 2.05) is 0 Å². The second kappa shape index (κ2) is 25.7. The Balaban J connectivity index is 3.17. The van der Waals surface area contributed by atoms with Crippen LogP contribution in [0.25, 0.3) is 0 Å². The zero-order valence-corrected chi connectivity index (χ0v) is 21.4. The Kier molecular flexibility index (Phi) is 25.2. The lowest BCUT2D eigenvalue weighted by Gasteiger charge is -2.12. The fourth-order valence-corrected chi connectivity index (χ4v) is 4.28. The van der Waals surface area contributed by atoms with Crippen LogP contribution in [0.5, 0.6) is 0 Å². The molecule has 0 fully saturated rings. The second-order valence-electron chi connectivity index (χ2n) is 9.69. The molecule has 0 aliphatic carbocycles. The highest BCUT2D eigenvalue weighted by Gasteiger charge is 2.07. The quantitative estimate of drug-likeness (QED) is 0.110. The van der Waals surface area contributed by atoms with Gasteiger partial charge in [0.25, 0.3) is 0 Å². The summed E-state index contributed by atoms with van der Waals surface area (Å²) in [7, 11) is 0. The Labute approximate surface area is 195 Å². The average Bonchev–Trinajstić information content (AvgIpc) is 2.75.